The van der Waals surface area contributed by atoms with Gasteiger partial charge in [-0.05, 0) is 44.4 Å². The van der Waals surface area contributed by atoms with Crippen LogP contribution >= 0.6 is 0 Å². The number of nitrogens with zero attached hydrogens (tertiary/aromatic N) is 2. The molecule has 5 nitrogen and oxygen atoms in total. The molecular weight excluding hydrogens is 266 g/mol. The van der Waals surface area contributed by atoms with Crippen LogP contribution in [-0.2, 0) is 0 Å². The number of methoxy groups -OCH3 is 1. The molecule has 1 aliphatic heterocycles. The zero-order chi connectivity index (χ0) is 15.1. The second kappa shape index (κ2) is 7.88. The largest absolute Gasteiger partial charge is 0.495 e. The number of benzene rings is 1. The standard InChI is InChI=1S/C16H25N3O2/c1-21-15-9-4-3-8-14(15)19(13-7-10-17)16(20)18-11-5-2-6-12-18/h3-4,8-9H,2,5-7,10-13,17H2,1H3. The number of anilines is 1. The van der Waals surface area contributed by atoms with Crippen molar-refractivity contribution in [2.45, 2.75) is 25.7 Å². The molecule has 2 N–H and O–H groups in total. The molecule has 0 bridgehead atoms. The highest BCUT2D eigenvalue weighted by Crippen LogP contribution is 2.29. The van der Waals surface area contributed by atoms with Crippen molar-refractivity contribution < 1.29 is 9.53 Å². The van der Waals surface area contributed by atoms with Crippen LogP contribution in [0.5, 0.6) is 5.75 Å². The van der Waals surface area contributed by atoms with Crippen LogP contribution in [0.1, 0.15) is 25.7 Å². The quantitative estimate of drug-likeness (QED) is 0.906. The Morgan fingerprint density at radius 2 is 2.00 bits per heavy atom. The molecule has 21 heavy (non-hydrogen) atoms. The van der Waals surface area contributed by atoms with E-state index >= 15 is 0 Å². The first-order valence-electron chi connectivity index (χ1n) is 7.67. The molecule has 5 heteroatoms. The molecule has 2 rings (SSSR count). The summed E-state index contributed by atoms with van der Waals surface area (Å²) >= 11 is 0. The number of carbonyl (C=O) groups excluding carboxylic acids is 1. The van der Waals surface area contributed by atoms with E-state index in [1.165, 1.54) is 6.42 Å². The van der Waals surface area contributed by atoms with E-state index in [2.05, 4.69) is 0 Å². The molecule has 0 atom stereocenters. The molecule has 1 aromatic carbocycles. The predicted octanol–water partition coefficient (Wildman–Crippen LogP) is 2.46. The van der Waals surface area contributed by atoms with E-state index in [1.807, 2.05) is 29.2 Å². The highest BCUT2D eigenvalue weighted by atomic mass is 16.5. The maximum absolute atomic E-state index is 12.8. The van der Waals surface area contributed by atoms with Gasteiger partial charge in [-0.15, -0.1) is 0 Å². The average Bonchev–Trinajstić information content (AvgIpc) is 2.56. The van der Waals surface area contributed by atoms with Gasteiger partial charge in [0.25, 0.3) is 0 Å². The van der Waals surface area contributed by atoms with E-state index in [1.54, 1.807) is 12.0 Å². The fraction of sp³-hybridized carbons (Fsp3) is 0.562. The van der Waals surface area contributed by atoms with Crippen LogP contribution in [0.3, 0.4) is 0 Å². The molecule has 1 aromatic rings. The van der Waals surface area contributed by atoms with Gasteiger partial charge < -0.3 is 15.4 Å². The molecule has 0 unspecified atom stereocenters. The van der Waals surface area contributed by atoms with Crippen molar-refractivity contribution in [2.24, 2.45) is 5.73 Å². The maximum Gasteiger partial charge on any atom is 0.324 e. The van der Waals surface area contributed by atoms with Crippen LogP contribution in [0.4, 0.5) is 10.5 Å². The number of amides is 2. The molecule has 1 aliphatic rings. The van der Waals surface area contributed by atoms with Gasteiger partial charge in [0.2, 0.25) is 0 Å². The number of nitrogens with two attached hydrogens (primary N) is 1. The lowest BCUT2D eigenvalue weighted by Gasteiger charge is -2.33. The summed E-state index contributed by atoms with van der Waals surface area (Å²) in [4.78, 5) is 16.6. The second-order valence-electron chi connectivity index (χ2n) is 5.30. The van der Waals surface area contributed by atoms with Crippen molar-refractivity contribution in [1.29, 1.82) is 0 Å². The summed E-state index contributed by atoms with van der Waals surface area (Å²) in [5.41, 5.74) is 6.44. The molecule has 1 fully saturated rings. The molecule has 0 spiro atoms. The zero-order valence-corrected chi connectivity index (χ0v) is 12.8. The maximum atomic E-state index is 12.8. The number of carbonyl (C=O) groups is 1. The predicted molar refractivity (Wildman–Crippen MR) is 84.8 cm³/mol. The number of para-hydroxylation sites is 2. The second-order valence-corrected chi connectivity index (χ2v) is 5.30. The van der Waals surface area contributed by atoms with Crippen molar-refractivity contribution >= 4 is 11.7 Å². The molecular formula is C16H25N3O2. The van der Waals surface area contributed by atoms with Crippen LogP contribution < -0.4 is 15.4 Å². The van der Waals surface area contributed by atoms with Gasteiger partial charge in [-0.3, -0.25) is 4.90 Å². The molecule has 0 aromatic heterocycles. The van der Waals surface area contributed by atoms with Crippen molar-refractivity contribution in [1.82, 2.24) is 4.90 Å². The average molecular weight is 291 g/mol. The highest BCUT2D eigenvalue weighted by molar-refractivity contribution is 5.93. The fourth-order valence-corrected chi connectivity index (χ4v) is 2.68. The van der Waals surface area contributed by atoms with E-state index in [4.69, 9.17) is 10.5 Å². The summed E-state index contributed by atoms with van der Waals surface area (Å²) in [6.45, 7) is 2.87. The minimum atomic E-state index is 0.0626. The Kier molecular flexibility index (Phi) is 5.87. The van der Waals surface area contributed by atoms with E-state index in [0.29, 0.717) is 13.1 Å². The van der Waals surface area contributed by atoms with E-state index < -0.39 is 0 Å². The number of urea groups is 1. The summed E-state index contributed by atoms with van der Waals surface area (Å²) in [5.74, 6) is 0.722. The minimum Gasteiger partial charge on any atom is -0.495 e. The number of hydrogen-bond acceptors (Lipinski definition) is 3. The molecule has 0 aliphatic carbocycles. The van der Waals surface area contributed by atoms with Gasteiger partial charge in [-0.25, -0.2) is 4.79 Å². The number of rotatable bonds is 5. The third-order valence-corrected chi connectivity index (χ3v) is 3.82. The zero-order valence-electron chi connectivity index (χ0n) is 12.8. The van der Waals surface area contributed by atoms with Crippen LogP contribution in [-0.4, -0.2) is 44.2 Å². The summed E-state index contributed by atoms with van der Waals surface area (Å²) in [7, 11) is 1.63. The topological polar surface area (TPSA) is 58.8 Å². The first-order valence-corrected chi connectivity index (χ1v) is 7.67. The number of piperidine rings is 1. The lowest BCUT2D eigenvalue weighted by atomic mass is 10.1. The molecule has 1 saturated heterocycles. The van der Waals surface area contributed by atoms with Crippen LogP contribution in [0.15, 0.2) is 24.3 Å². The Morgan fingerprint density at radius 1 is 1.29 bits per heavy atom. The van der Waals surface area contributed by atoms with Crippen LogP contribution in [0.25, 0.3) is 0 Å². The molecule has 1 heterocycles. The van der Waals surface area contributed by atoms with Gasteiger partial charge in [0.05, 0.1) is 12.8 Å². The number of ether oxygens (including phenoxy) is 1. The lowest BCUT2D eigenvalue weighted by Crippen LogP contribution is -2.46. The normalized spacial score (nSPS) is 14.9. The van der Waals surface area contributed by atoms with Gasteiger partial charge in [0.1, 0.15) is 5.75 Å². The summed E-state index contributed by atoms with van der Waals surface area (Å²) in [5, 5.41) is 0. The van der Waals surface area contributed by atoms with Gasteiger partial charge >= 0.3 is 6.03 Å². The molecule has 0 saturated carbocycles. The van der Waals surface area contributed by atoms with Crippen molar-refractivity contribution in [3.05, 3.63) is 24.3 Å². The van der Waals surface area contributed by atoms with Crippen molar-refractivity contribution in [3.8, 4) is 5.75 Å². The fourth-order valence-electron chi connectivity index (χ4n) is 2.68. The summed E-state index contributed by atoms with van der Waals surface area (Å²) in [6.07, 6.45) is 4.16. The first kappa shape index (κ1) is 15.6. The third-order valence-electron chi connectivity index (χ3n) is 3.82. The van der Waals surface area contributed by atoms with Crippen LogP contribution in [0, 0.1) is 0 Å². The monoisotopic (exact) mass is 291 g/mol. The number of likely N-dealkylation sites (tertiary alicyclic amines) is 1. The SMILES string of the molecule is COc1ccccc1N(CCCN)C(=O)N1CCCCC1. The Labute approximate surface area is 126 Å². The molecule has 0 radical (unpaired) electrons. The molecule has 2 amide bonds. The summed E-state index contributed by atoms with van der Waals surface area (Å²) < 4.78 is 5.40. The Hall–Kier alpha value is -1.75. The molecule has 116 valence electrons. The third kappa shape index (κ3) is 3.88. The van der Waals surface area contributed by atoms with E-state index in [9.17, 15) is 4.79 Å². The number of hydrogen-bond donors (Lipinski definition) is 1. The Bertz CT molecular complexity index is 459. The summed E-state index contributed by atoms with van der Waals surface area (Å²) in [6, 6.07) is 7.71. The first-order chi connectivity index (χ1) is 10.3. The minimum absolute atomic E-state index is 0.0626. The smallest absolute Gasteiger partial charge is 0.324 e. The van der Waals surface area contributed by atoms with Gasteiger partial charge in [-0.1, -0.05) is 12.1 Å². The van der Waals surface area contributed by atoms with Gasteiger partial charge in [-0.2, -0.15) is 0 Å². The highest BCUT2D eigenvalue weighted by Gasteiger charge is 2.25. The lowest BCUT2D eigenvalue weighted by molar-refractivity contribution is 0.192. The van der Waals surface area contributed by atoms with Crippen LogP contribution in [0.2, 0.25) is 0 Å². The van der Waals surface area contributed by atoms with E-state index in [-0.39, 0.29) is 6.03 Å². The van der Waals surface area contributed by atoms with E-state index in [0.717, 1.165) is 43.8 Å². The van der Waals surface area contributed by atoms with Gasteiger partial charge in [0, 0.05) is 19.6 Å². The van der Waals surface area contributed by atoms with Crippen molar-refractivity contribution in [3.63, 3.8) is 0 Å². The van der Waals surface area contributed by atoms with Crippen molar-refractivity contribution in [2.75, 3.05) is 38.2 Å². The van der Waals surface area contributed by atoms with Gasteiger partial charge in [0.15, 0.2) is 0 Å². The Morgan fingerprint density at radius 3 is 2.67 bits per heavy atom. The Balaban J connectivity index is 2.22.